The number of fused-ring (bicyclic) bond motifs is 5. The predicted octanol–water partition coefficient (Wildman–Crippen LogP) is 14.0. The predicted molar refractivity (Wildman–Crippen MR) is 225 cm³/mol. The van der Waals surface area contributed by atoms with Crippen molar-refractivity contribution >= 4 is 42.3 Å². The van der Waals surface area contributed by atoms with E-state index in [2.05, 4.69) is 170 Å². The van der Waals surface area contributed by atoms with E-state index in [0.29, 0.717) is 5.82 Å². The fourth-order valence-corrected chi connectivity index (χ4v) is 8.55. The van der Waals surface area contributed by atoms with Gasteiger partial charge >= 0.3 is 0 Å². The Balaban J connectivity index is 1.16. The van der Waals surface area contributed by atoms with Crippen LogP contribution >= 0.6 is 11.3 Å². The molecule has 10 rings (SSSR count). The Labute approximate surface area is 312 Å². The van der Waals surface area contributed by atoms with Crippen LogP contribution in [0.3, 0.4) is 0 Å². The molecule has 0 spiro atoms. The van der Waals surface area contributed by atoms with Gasteiger partial charge in [-0.05, 0) is 80.6 Å². The van der Waals surface area contributed by atoms with Crippen molar-refractivity contribution in [3.8, 4) is 67.3 Å². The van der Waals surface area contributed by atoms with Gasteiger partial charge in [0, 0.05) is 36.9 Å². The molecule has 0 atom stereocenters. The summed E-state index contributed by atoms with van der Waals surface area (Å²) in [5.41, 5.74) is 11.9. The molecule has 0 fully saturated rings. The van der Waals surface area contributed by atoms with Crippen molar-refractivity contribution in [1.82, 2.24) is 9.97 Å². The summed E-state index contributed by atoms with van der Waals surface area (Å²) >= 11 is 1.86. The highest BCUT2D eigenvalue weighted by Crippen LogP contribution is 2.41. The number of thiophene rings is 1. The van der Waals surface area contributed by atoms with Gasteiger partial charge in [-0.3, -0.25) is 0 Å². The smallest absolute Gasteiger partial charge is 0.160 e. The molecule has 0 aliphatic rings. The molecule has 2 nitrogen and oxygen atoms in total. The van der Waals surface area contributed by atoms with Gasteiger partial charge in [0.05, 0.1) is 11.4 Å². The van der Waals surface area contributed by atoms with E-state index in [9.17, 15) is 0 Å². The molecule has 0 saturated heterocycles. The molecular weight excluding hydrogens is 661 g/mol. The first-order valence-electron chi connectivity index (χ1n) is 17.9. The van der Waals surface area contributed by atoms with Crippen LogP contribution < -0.4 is 0 Å². The minimum Gasteiger partial charge on any atom is -0.228 e. The van der Waals surface area contributed by atoms with Crippen LogP contribution in [0.5, 0.6) is 0 Å². The number of benzene rings is 8. The lowest BCUT2D eigenvalue weighted by molar-refractivity contribution is 1.18. The fraction of sp³-hybridized carbons (Fsp3) is 0. The standard InChI is InChI=1S/C50H32N2S/c1-4-12-33(13-5-1)34-20-22-35(23-21-34)40-28-41(39-24-26-44-48(31-39)53-47-27-25-36-14-10-11-19-43(36)49(44)47)30-42(29-40)46-32-45(37-15-6-2-7-16-37)51-50(52-46)38-17-8-3-9-18-38/h1-32H. The Kier molecular flexibility index (Phi) is 7.71. The topological polar surface area (TPSA) is 25.8 Å². The second kappa shape index (κ2) is 13.1. The van der Waals surface area contributed by atoms with E-state index in [-0.39, 0.29) is 0 Å². The molecule has 0 aliphatic carbocycles. The van der Waals surface area contributed by atoms with Crippen molar-refractivity contribution in [2.24, 2.45) is 0 Å². The largest absolute Gasteiger partial charge is 0.228 e. The van der Waals surface area contributed by atoms with Crippen molar-refractivity contribution in [1.29, 1.82) is 0 Å². The van der Waals surface area contributed by atoms with Crippen LogP contribution in [0.4, 0.5) is 0 Å². The maximum atomic E-state index is 5.22. The molecule has 0 amide bonds. The molecule has 0 saturated carbocycles. The monoisotopic (exact) mass is 692 g/mol. The molecule has 0 aliphatic heterocycles. The molecule has 0 unspecified atom stereocenters. The third-order valence-corrected chi connectivity index (χ3v) is 11.2. The Morgan fingerprint density at radius 2 is 0.830 bits per heavy atom. The Hall–Kier alpha value is -6.68. The molecule has 53 heavy (non-hydrogen) atoms. The van der Waals surface area contributed by atoms with E-state index in [1.807, 2.05) is 35.6 Å². The number of aromatic nitrogens is 2. The lowest BCUT2D eigenvalue weighted by Crippen LogP contribution is -1.96. The zero-order chi connectivity index (χ0) is 35.1. The van der Waals surface area contributed by atoms with Crippen LogP contribution in [0.1, 0.15) is 0 Å². The van der Waals surface area contributed by atoms with Gasteiger partial charge < -0.3 is 0 Å². The minimum absolute atomic E-state index is 0.708. The molecule has 8 aromatic carbocycles. The second-order valence-electron chi connectivity index (χ2n) is 13.4. The fourth-order valence-electron chi connectivity index (χ4n) is 7.39. The molecule has 10 aromatic rings. The van der Waals surface area contributed by atoms with Crippen LogP contribution in [-0.2, 0) is 0 Å². The van der Waals surface area contributed by atoms with Crippen molar-refractivity contribution in [3.63, 3.8) is 0 Å². The van der Waals surface area contributed by atoms with Crippen molar-refractivity contribution in [2.75, 3.05) is 0 Å². The van der Waals surface area contributed by atoms with Crippen LogP contribution in [0.15, 0.2) is 194 Å². The number of hydrogen-bond donors (Lipinski definition) is 0. The zero-order valence-electron chi connectivity index (χ0n) is 28.8. The Morgan fingerprint density at radius 3 is 1.55 bits per heavy atom. The van der Waals surface area contributed by atoms with Gasteiger partial charge in [-0.25, -0.2) is 9.97 Å². The van der Waals surface area contributed by atoms with Crippen molar-refractivity contribution in [3.05, 3.63) is 194 Å². The van der Waals surface area contributed by atoms with Gasteiger partial charge in [-0.1, -0.05) is 158 Å². The number of rotatable bonds is 6. The summed E-state index contributed by atoms with van der Waals surface area (Å²) in [6.07, 6.45) is 0. The van der Waals surface area contributed by atoms with Gasteiger partial charge in [-0.2, -0.15) is 0 Å². The summed E-state index contributed by atoms with van der Waals surface area (Å²) in [7, 11) is 0. The summed E-state index contributed by atoms with van der Waals surface area (Å²) in [4.78, 5) is 10.3. The lowest BCUT2D eigenvalue weighted by Gasteiger charge is -2.14. The van der Waals surface area contributed by atoms with Gasteiger partial charge in [0.15, 0.2) is 5.82 Å². The van der Waals surface area contributed by atoms with Crippen molar-refractivity contribution in [2.45, 2.75) is 0 Å². The van der Waals surface area contributed by atoms with Crippen LogP contribution in [0.25, 0.3) is 98.2 Å². The lowest BCUT2D eigenvalue weighted by atomic mass is 9.93. The average molecular weight is 693 g/mol. The molecule has 248 valence electrons. The van der Waals surface area contributed by atoms with E-state index in [1.165, 1.54) is 47.6 Å². The third-order valence-electron chi connectivity index (χ3n) is 10.1. The first kappa shape index (κ1) is 31.1. The SMILES string of the molecule is c1ccc(-c2ccc(-c3cc(-c4ccc5c(c4)sc4ccc6ccccc6c45)cc(-c4cc(-c5ccccc5)nc(-c5ccccc5)n4)c3)cc2)cc1. The van der Waals surface area contributed by atoms with Crippen LogP contribution in [0, 0.1) is 0 Å². The zero-order valence-corrected chi connectivity index (χ0v) is 29.6. The van der Waals surface area contributed by atoms with Crippen LogP contribution in [0.2, 0.25) is 0 Å². The molecule has 3 heteroatoms. The van der Waals surface area contributed by atoms with Gasteiger partial charge in [0.1, 0.15) is 0 Å². The Bertz CT molecular complexity index is 2860. The molecule has 2 aromatic heterocycles. The summed E-state index contributed by atoms with van der Waals surface area (Å²) in [6.45, 7) is 0. The molecule has 0 N–H and O–H groups in total. The first-order valence-corrected chi connectivity index (χ1v) is 18.7. The van der Waals surface area contributed by atoms with Crippen molar-refractivity contribution < 1.29 is 0 Å². The van der Waals surface area contributed by atoms with E-state index in [4.69, 9.17) is 9.97 Å². The third kappa shape index (κ3) is 5.87. The highest BCUT2D eigenvalue weighted by molar-refractivity contribution is 7.26. The highest BCUT2D eigenvalue weighted by Gasteiger charge is 2.15. The average Bonchev–Trinajstić information content (AvgIpc) is 3.63. The van der Waals surface area contributed by atoms with Gasteiger partial charge in [0.25, 0.3) is 0 Å². The summed E-state index contributed by atoms with van der Waals surface area (Å²) in [6, 6.07) is 69.3. The van der Waals surface area contributed by atoms with Crippen LogP contribution in [-0.4, -0.2) is 9.97 Å². The normalized spacial score (nSPS) is 11.4. The quantitative estimate of drug-likeness (QED) is 0.173. The van der Waals surface area contributed by atoms with E-state index in [0.717, 1.165) is 44.8 Å². The number of nitrogens with zero attached hydrogens (tertiary/aromatic N) is 2. The highest BCUT2D eigenvalue weighted by atomic mass is 32.1. The maximum Gasteiger partial charge on any atom is 0.160 e. The second-order valence-corrected chi connectivity index (χ2v) is 14.5. The first-order chi connectivity index (χ1) is 26.2. The van der Waals surface area contributed by atoms with E-state index >= 15 is 0 Å². The van der Waals surface area contributed by atoms with Gasteiger partial charge in [-0.15, -0.1) is 11.3 Å². The summed E-state index contributed by atoms with van der Waals surface area (Å²) < 4.78 is 2.60. The molecule has 2 heterocycles. The minimum atomic E-state index is 0.708. The number of hydrogen-bond acceptors (Lipinski definition) is 3. The summed E-state index contributed by atoms with van der Waals surface area (Å²) in [5.74, 6) is 0.708. The van der Waals surface area contributed by atoms with E-state index in [1.54, 1.807) is 0 Å². The molecule has 0 bridgehead atoms. The Morgan fingerprint density at radius 1 is 0.302 bits per heavy atom. The summed E-state index contributed by atoms with van der Waals surface area (Å²) in [5, 5.41) is 5.22. The molecule has 0 radical (unpaired) electrons. The molecular formula is C50H32N2S. The van der Waals surface area contributed by atoms with E-state index < -0.39 is 0 Å². The van der Waals surface area contributed by atoms with Gasteiger partial charge in [0.2, 0.25) is 0 Å². The maximum absolute atomic E-state index is 5.22.